The number of hydrogen-bond acceptors (Lipinski definition) is 3. The SMILES string of the molecule is CC(C)C[C@@H](N)C(=O)N1CCCC(CCO)C1. The summed E-state index contributed by atoms with van der Waals surface area (Å²) >= 11 is 0. The Hall–Kier alpha value is -0.610. The Balaban J connectivity index is 2.45. The zero-order chi connectivity index (χ0) is 12.8. The first-order chi connectivity index (χ1) is 8.04. The number of nitrogens with zero attached hydrogens (tertiary/aromatic N) is 1. The van der Waals surface area contributed by atoms with Gasteiger partial charge in [0.05, 0.1) is 6.04 Å². The molecule has 1 fully saturated rings. The normalized spacial score (nSPS) is 22.9. The van der Waals surface area contributed by atoms with Crippen molar-refractivity contribution in [2.24, 2.45) is 17.6 Å². The number of hydrogen-bond donors (Lipinski definition) is 2. The van der Waals surface area contributed by atoms with Crippen LogP contribution in [0.1, 0.15) is 39.5 Å². The highest BCUT2D eigenvalue weighted by Gasteiger charge is 2.26. The summed E-state index contributed by atoms with van der Waals surface area (Å²) in [5, 5.41) is 8.94. The molecule has 0 aromatic carbocycles. The smallest absolute Gasteiger partial charge is 0.239 e. The molecular formula is C13H26N2O2. The van der Waals surface area contributed by atoms with Gasteiger partial charge in [0, 0.05) is 19.7 Å². The largest absolute Gasteiger partial charge is 0.396 e. The molecule has 1 aliphatic rings. The summed E-state index contributed by atoms with van der Waals surface area (Å²) in [5.41, 5.74) is 5.93. The third-order valence-corrected chi connectivity index (χ3v) is 3.41. The molecule has 0 bridgehead atoms. The predicted molar refractivity (Wildman–Crippen MR) is 68.4 cm³/mol. The minimum Gasteiger partial charge on any atom is -0.396 e. The zero-order valence-corrected chi connectivity index (χ0v) is 11.1. The van der Waals surface area contributed by atoms with Gasteiger partial charge in [-0.1, -0.05) is 13.8 Å². The zero-order valence-electron chi connectivity index (χ0n) is 11.1. The van der Waals surface area contributed by atoms with Crippen molar-refractivity contribution >= 4 is 5.91 Å². The van der Waals surface area contributed by atoms with E-state index in [1.807, 2.05) is 4.90 Å². The average molecular weight is 242 g/mol. The molecule has 17 heavy (non-hydrogen) atoms. The average Bonchev–Trinajstić information content (AvgIpc) is 2.28. The van der Waals surface area contributed by atoms with E-state index < -0.39 is 0 Å². The first kappa shape index (κ1) is 14.5. The fraction of sp³-hybridized carbons (Fsp3) is 0.923. The molecule has 4 nitrogen and oxygen atoms in total. The van der Waals surface area contributed by atoms with E-state index in [1.165, 1.54) is 0 Å². The number of carbonyl (C=O) groups excluding carboxylic acids is 1. The van der Waals surface area contributed by atoms with Crippen LogP contribution in [0.4, 0.5) is 0 Å². The summed E-state index contributed by atoms with van der Waals surface area (Å²) in [7, 11) is 0. The Labute approximate surface area is 104 Å². The van der Waals surface area contributed by atoms with Gasteiger partial charge in [-0.15, -0.1) is 0 Å². The van der Waals surface area contributed by atoms with Crippen molar-refractivity contribution in [1.82, 2.24) is 4.90 Å². The first-order valence-corrected chi connectivity index (χ1v) is 6.69. The molecule has 3 N–H and O–H groups in total. The van der Waals surface area contributed by atoms with Crippen LogP contribution in [0, 0.1) is 11.8 Å². The van der Waals surface area contributed by atoms with Gasteiger partial charge in [0.25, 0.3) is 0 Å². The molecule has 1 unspecified atom stereocenters. The number of aliphatic hydroxyl groups is 1. The number of aliphatic hydroxyl groups excluding tert-OH is 1. The van der Waals surface area contributed by atoms with Crippen LogP contribution in [-0.4, -0.2) is 41.7 Å². The van der Waals surface area contributed by atoms with Crippen molar-refractivity contribution in [3.8, 4) is 0 Å². The Morgan fingerprint density at radius 1 is 1.53 bits per heavy atom. The van der Waals surface area contributed by atoms with E-state index in [9.17, 15) is 4.79 Å². The minimum absolute atomic E-state index is 0.0846. The number of carbonyl (C=O) groups is 1. The van der Waals surface area contributed by atoms with Crippen LogP contribution in [0.3, 0.4) is 0 Å². The molecular weight excluding hydrogens is 216 g/mol. The Morgan fingerprint density at radius 3 is 2.82 bits per heavy atom. The Kier molecular flexibility index (Phi) is 5.92. The summed E-state index contributed by atoms with van der Waals surface area (Å²) in [5.74, 6) is 0.984. The number of nitrogens with two attached hydrogens (primary N) is 1. The summed E-state index contributed by atoms with van der Waals surface area (Å²) < 4.78 is 0. The van der Waals surface area contributed by atoms with Gasteiger partial charge < -0.3 is 15.7 Å². The second-order valence-corrected chi connectivity index (χ2v) is 5.54. The highest BCUT2D eigenvalue weighted by Crippen LogP contribution is 2.20. The molecule has 1 amide bonds. The van der Waals surface area contributed by atoms with Crippen molar-refractivity contribution in [1.29, 1.82) is 0 Å². The fourth-order valence-corrected chi connectivity index (χ4v) is 2.53. The Morgan fingerprint density at radius 2 is 2.24 bits per heavy atom. The summed E-state index contributed by atoms with van der Waals surface area (Å²) in [6, 6.07) is -0.358. The van der Waals surface area contributed by atoms with Gasteiger partial charge in [-0.2, -0.15) is 0 Å². The standard InChI is InChI=1S/C13H26N2O2/c1-10(2)8-12(14)13(17)15-6-3-4-11(9-15)5-7-16/h10-12,16H,3-9,14H2,1-2H3/t11?,12-/m1/s1. The van der Waals surface area contributed by atoms with E-state index in [0.717, 1.165) is 38.8 Å². The van der Waals surface area contributed by atoms with E-state index >= 15 is 0 Å². The third kappa shape index (κ3) is 4.64. The molecule has 1 saturated heterocycles. The summed E-state index contributed by atoms with van der Waals surface area (Å²) in [6.45, 7) is 5.97. The van der Waals surface area contributed by atoms with Crippen LogP contribution < -0.4 is 5.73 Å². The molecule has 0 spiro atoms. The Bertz CT molecular complexity index is 242. The van der Waals surface area contributed by atoms with Crippen molar-refractivity contribution in [2.75, 3.05) is 19.7 Å². The molecule has 0 aromatic rings. The molecule has 4 heteroatoms. The van der Waals surface area contributed by atoms with Crippen LogP contribution in [-0.2, 0) is 4.79 Å². The number of likely N-dealkylation sites (tertiary alicyclic amines) is 1. The second kappa shape index (κ2) is 6.97. The van der Waals surface area contributed by atoms with Gasteiger partial charge in [-0.05, 0) is 37.5 Å². The maximum Gasteiger partial charge on any atom is 0.239 e. The molecule has 1 rings (SSSR count). The van der Waals surface area contributed by atoms with E-state index in [2.05, 4.69) is 13.8 Å². The lowest BCUT2D eigenvalue weighted by atomic mass is 9.94. The molecule has 1 heterocycles. The van der Waals surface area contributed by atoms with Crippen molar-refractivity contribution < 1.29 is 9.90 Å². The van der Waals surface area contributed by atoms with Gasteiger partial charge in [-0.3, -0.25) is 4.79 Å². The first-order valence-electron chi connectivity index (χ1n) is 6.69. The van der Waals surface area contributed by atoms with Gasteiger partial charge in [-0.25, -0.2) is 0 Å². The molecule has 0 aliphatic carbocycles. The molecule has 0 radical (unpaired) electrons. The molecule has 1 aliphatic heterocycles. The van der Waals surface area contributed by atoms with Crippen molar-refractivity contribution in [2.45, 2.75) is 45.6 Å². The van der Waals surface area contributed by atoms with Gasteiger partial charge in [0.15, 0.2) is 0 Å². The van der Waals surface area contributed by atoms with E-state index in [0.29, 0.717) is 11.8 Å². The third-order valence-electron chi connectivity index (χ3n) is 3.41. The topological polar surface area (TPSA) is 66.6 Å². The lowest BCUT2D eigenvalue weighted by Crippen LogP contribution is -2.48. The van der Waals surface area contributed by atoms with Gasteiger partial charge in [0.2, 0.25) is 5.91 Å². The van der Waals surface area contributed by atoms with Crippen LogP contribution in [0.15, 0.2) is 0 Å². The fourth-order valence-electron chi connectivity index (χ4n) is 2.53. The van der Waals surface area contributed by atoms with Crippen LogP contribution >= 0.6 is 0 Å². The highest BCUT2D eigenvalue weighted by molar-refractivity contribution is 5.81. The van der Waals surface area contributed by atoms with E-state index in [1.54, 1.807) is 0 Å². The van der Waals surface area contributed by atoms with Crippen molar-refractivity contribution in [3.63, 3.8) is 0 Å². The molecule has 0 aromatic heterocycles. The molecule has 100 valence electrons. The van der Waals surface area contributed by atoms with Crippen molar-refractivity contribution in [3.05, 3.63) is 0 Å². The van der Waals surface area contributed by atoms with Gasteiger partial charge >= 0.3 is 0 Å². The molecule has 0 saturated carbocycles. The van der Waals surface area contributed by atoms with E-state index in [4.69, 9.17) is 10.8 Å². The van der Waals surface area contributed by atoms with Crippen LogP contribution in [0.5, 0.6) is 0 Å². The maximum absolute atomic E-state index is 12.1. The quantitative estimate of drug-likeness (QED) is 0.755. The van der Waals surface area contributed by atoms with Gasteiger partial charge in [0.1, 0.15) is 0 Å². The maximum atomic E-state index is 12.1. The summed E-state index contributed by atoms with van der Waals surface area (Å²) in [6.07, 6.45) is 3.69. The van der Waals surface area contributed by atoms with E-state index in [-0.39, 0.29) is 18.6 Å². The minimum atomic E-state index is -0.358. The number of piperidine rings is 1. The second-order valence-electron chi connectivity index (χ2n) is 5.54. The highest BCUT2D eigenvalue weighted by atomic mass is 16.3. The summed E-state index contributed by atoms with van der Waals surface area (Å²) in [4.78, 5) is 14.0. The number of amides is 1. The van der Waals surface area contributed by atoms with Crippen LogP contribution in [0.25, 0.3) is 0 Å². The lowest BCUT2D eigenvalue weighted by Gasteiger charge is -2.34. The predicted octanol–water partition coefficient (Wildman–Crippen LogP) is 0.981. The van der Waals surface area contributed by atoms with Crippen LogP contribution in [0.2, 0.25) is 0 Å². The monoisotopic (exact) mass is 242 g/mol. The number of rotatable bonds is 5. The molecule has 2 atom stereocenters. The lowest BCUT2D eigenvalue weighted by molar-refractivity contribution is -0.134.